The van der Waals surface area contributed by atoms with Crippen molar-refractivity contribution in [1.82, 2.24) is 10.3 Å². The van der Waals surface area contributed by atoms with Crippen LogP contribution in [0.1, 0.15) is 23.3 Å². The topological polar surface area (TPSA) is 88.0 Å². The number of nitrogens with one attached hydrogen (secondary N) is 2. The van der Waals surface area contributed by atoms with Gasteiger partial charge in [-0.25, -0.2) is 0 Å². The van der Waals surface area contributed by atoms with Crippen molar-refractivity contribution < 1.29 is 9.72 Å². The minimum Gasteiger partial charge on any atom is -0.351 e. The number of aromatic amines is 1. The Bertz CT molecular complexity index is 442. The Hall–Kier alpha value is -1.56. The first kappa shape index (κ1) is 11.9. The summed E-state index contributed by atoms with van der Waals surface area (Å²) in [5, 5.41) is 13.0. The van der Waals surface area contributed by atoms with Gasteiger partial charge in [0.2, 0.25) is 0 Å². The largest absolute Gasteiger partial charge is 0.351 e. The fraction of sp³-hybridized carbons (Fsp3) is 0.500. The van der Waals surface area contributed by atoms with Gasteiger partial charge in [0.1, 0.15) is 5.69 Å². The molecule has 2 rings (SSSR count). The molecular formula is C10H12ClN3O3. The molecule has 2 N–H and O–H groups in total. The van der Waals surface area contributed by atoms with Crippen LogP contribution in [0.5, 0.6) is 0 Å². The number of nitrogens with zero attached hydrogens (tertiary/aromatic N) is 1. The summed E-state index contributed by atoms with van der Waals surface area (Å²) in [6, 6.07) is 1.20. The van der Waals surface area contributed by atoms with Crippen LogP contribution in [0.15, 0.2) is 12.3 Å². The molecule has 6 nitrogen and oxygen atoms in total. The molecule has 1 saturated carbocycles. The van der Waals surface area contributed by atoms with Gasteiger partial charge in [-0.1, -0.05) is 0 Å². The third-order valence-corrected chi connectivity index (χ3v) is 3.23. The number of H-pyrrole nitrogens is 1. The van der Waals surface area contributed by atoms with Crippen molar-refractivity contribution in [2.45, 2.75) is 18.2 Å². The molecule has 1 aliphatic rings. The molecule has 0 saturated heterocycles. The maximum atomic E-state index is 11.6. The molecule has 1 amide bonds. The van der Waals surface area contributed by atoms with Crippen LogP contribution < -0.4 is 5.32 Å². The number of amides is 1. The highest BCUT2D eigenvalue weighted by atomic mass is 35.5. The van der Waals surface area contributed by atoms with E-state index in [1.807, 2.05) is 0 Å². The highest BCUT2D eigenvalue weighted by Gasteiger charge is 2.29. The summed E-state index contributed by atoms with van der Waals surface area (Å²) >= 11 is 6.03. The third kappa shape index (κ3) is 2.97. The van der Waals surface area contributed by atoms with E-state index >= 15 is 0 Å². The number of rotatable bonds is 5. The Labute approximate surface area is 102 Å². The fourth-order valence-corrected chi connectivity index (χ4v) is 1.86. The highest BCUT2D eigenvalue weighted by Crippen LogP contribution is 2.35. The number of hydrogen-bond acceptors (Lipinski definition) is 3. The van der Waals surface area contributed by atoms with Gasteiger partial charge in [-0.15, -0.1) is 11.6 Å². The summed E-state index contributed by atoms with van der Waals surface area (Å²) in [5.74, 6) is 0.124. The van der Waals surface area contributed by atoms with E-state index < -0.39 is 4.92 Å². The Kier molecular flexibility index (Phi) is 3.33. The van der Waals surface area contributed by atoms with E-state index in [1.165, 1.54) is 12.3 Å². The van der Waals surface area contributed by atoms with Crippen LogP contribution in [0.25, 0.3) is 0 Å². The minimum absolute atomic E-state index is 0.0519. The minimum atomic E-state index is -0.554. The normalized spacial score (nSPS) is 16.5. The first-order valence-electron chi connectivity index (χ1n) is 5.33. The SMILES string of the molecule is O=C(NCC(Cl)C1CC1)c1cc([N+](=O)[O-])c[nH]1. The molecular weight excluding hydrogens is 246 g/mol. The molecule has 17 heavy (non-hydrogen) atoms. The Morgan fingerprint density at radius 3 is 2.94 bits per heavy atom. The van der Waals surface area contributed by atoms with E-state index in [0.29, 0.717) is 12.5 Å². The predicted octanol–water partition coefficient (Wildman–Crippen LogP) is 1.67. The average molecular weight is 258 g/mol. The van der Waals surface area contributed by atoms with Gasteiger partial charge in [0.15, 0.2) is 0 Å². The molecule has 1 aromatic heterocycles. The number of alkyl halides is 1. The van der Waals surface area contributed by atoms with Crippen LogP contribution in [0.3, 0.4) is 0 Å². The van der Waals surface area contributed by atoms with Gasteiger partial charge >= 0.3 is 0 Å². The second-order valence-corrected chi connectivity index (χ2v) is 4.65. The zero-order chi connectivity index (χ0) is 12.4. The lowest BCUT2D eigenvalue weighted by atomic mass is 10.3. The van der Waals surface area contributed by atoms with Gasteiger partial charge < -0.3 is 10.3 Å². The maximum absolute atomic E-state index is 11.6. The van der Waals surface area contributed by atoms with Crippen LogP contribution in [-0.2, 0) is 0 Å². The summed E-state index contributed by atoms with van der Waals surface area (Å²) in [7, 11) is 0. The van der Waals surface area contributed by atoms with Crippen LogP contribution >= 0.6 is 11.6 Å². The summed E-state index contributed by atoms with van der Waals surface area (Å²) < 4.78 is 0. The Morgan fingerprint density at radius 2 is 2.41 bits per heavy atom. The van der Waals surface area contributed by atoms with Gasteiger partial charge in [0.05, 0.1) is 16.5 Å². The predicted molar refractivity (Wildman–Crippen MR) is 62.1 cm³/mol. The molecule has 92 valence electrons. The van der Waals surface area contributed by atoms with Crippen LogP contribution in [0, 0.1) is 16.0 Å². The first-order chi connectivity index (χ1) is 8.08. The average Bonchev–Trinajstić information content (AvgIpc) is 3.02. The Morgan fingerprint density at radius 1 is 1.71 bits per heavy atom. The van der Waals surface area contributed by atoms with E-state index in [1.54, 1.807) is 0 Å². The molecule has 0 aliphatic heterocycles. The van der Waals surface area contributed by atoms with Crippen molar-refractivity contribution in [3.63, 3.8) is 0 Å². The molecule has 1 unspecified atom stereocenters. The third-order valence-electron chi connectivity index (χ3n) is 2.71. The maximum Gasteiger partial charge on any atom is 0.287 e. The number of nitro groups is 1. The molecule has 1 fully saturated rings. The zero-order valence-electron chi connectivity index (χ0n) is 8.98. The van der Waals surface area contributed by atoms with Crippen LogP contribution in [-0.4, -0.2) is 27.7 Å². The molecule has 7 heteroatoms. The van der Waals surface area contributed by atoms with Crippen molar-refractivity contribution in [1.29, 1.82) is 0 Å². The van der Waals surface area contributed by atoms with Gasteiger partial charge in [-0.3, -0.25) is 14.9 Å². The second-order valence-electron chi connectivity index (χ2n) is 4.09. The van der Waals surface area contributed by atoms with E-state index in [-0.39, 0.29) is 22.7 Å². The number of carbonyl (C=O) groups excluding carboxylic acids is 1. The molecule has 0 aromatic carbocycles. The lowest BCUT2D eigenvalue weighted by molar-refractivity contribution is -0.384. The van der Waals surface area contributed by atoms with E-state index in [4.69, 9.17) is 11.6 Å². The molecule has 1 aromatic rings. The van der Waals surface area contributed by atoms with Crippen LogP contribution in [0.4, 0.5) is 5.69 Å². The molecule has 0 radical (unpaired) electrons. The van der Waals surface area contributed by atoms with Crippen molar-refractivity contribution >= 4 is 23.2 Å². The lowest BCUT2D eigenvalue weighted by Gasteiger charge is -2.08. The smallest absolute Gasteiger partial charge is 0.287 e. The summed E-state index contributed by atoms with van der Waals surface area (Å²) in [4.78, 5) is 24.0. The van der Waals surface area contributed by atoms with Gasteiger partial charge in [0.25, 0.3) is 11.6 Å². The molecule has 1 aliphatic carbocycles. The van der Waals surface area contributed by atoms with E-state index in [0.717, 1.165) is 12.8 Å². The highest BCUT2D eigenvalue weighted by molar-refractivity contribution is 6.21. The van der Waals surface area contributed by atoms with Crippen molar-refractivity contribution in [2.24, 2.45) is 5.92 Å². The second kappa shape index (κ2) is 4.75. The van der Waals surface area contributed by atoms with Crippen molar-refractivity contribution in [3.05, 3.63) is 28.1 Å². The van der Waals surface area contributed by atoms with E-state index in [9.17, 15) is 14.9 Å². The van der Waals surface area contributed by atoms with Crippen molar-refractivity contribution in [3.8, 4) is 0 Å². The lowest BCUT2D eigenvalue weighted by Crippen LogP contribution is -2.30. The molecule has 1 heterocycles. The van der Waals surface area contributed by atoms with E-state index in [2.05, 4.69) is 10.3 Å². The fourth-order valence-electron chi connectivity index (χ4n) is 1.53. The molecule has 0 spiro atoms. The number of aromatic nitrogens is 1. The van der Waals surface area contributed by atoms with Gasteiger partial charge in [-0.2, -0.15) is 0 Å². The zero-order valence-corrected chi connectivity index (χ0v) is 9.74. The summed E-state index contributed by atoms with van der Waals surface area (Å²) in [5.41, 5.74) is 0.0520. The molecule has 0 bridgehead atoms. The number of halogens is 1. The quantitative estimate of drug-likeness (QED) is 0.478. The van der Waals surface area contributed by atoms with Gasteiger partial charge in [0, 0.05) is 12.6 Å². The summed E-state index contributed by atoms with van der Waals surface area (Å²) in [6.07, 6.45) is 3.41. The monoisotopic (exact) mass is 257 g/mol. The Balaban J connectivity index is 1.87. The first-order valence-corrected chi connectivity index (χ1v) is 5.76. The standard InChI is InChI=1S/C10H12ClN3O3/c11-8(6-1-2-6)5-13-10(15)9-3-7(4-12-9)14(16)17/h3-4,6,8,12H,1-2,5H2,(H,13,15). The van der Waals surface area contributed by atoms with Crippen LogP contribution in [0.2, 0.25) is 0 Å². The number of carbonyl (C=O) groups is 1. The van der Waals surface area contributed by atoms with Gasteiger partial charge in [-0.05, 0) is 18.8 Å². The van der Waals surface area contributed by atoms with Crippen molar-refractivity contribution in [2.75, 3.05) is 6.54 Å². The number of hydrogen-bond donors (Lipinski definition) is 2. The summed E-state index contributed by atoms with van der Waals surface area (Å²) in [6.45, 7) is 0.387. The molecule has 1 atom stereocenters.